The first-order valence-corrected chi connectivity index (χ1v) is 9.29. The van der Waals surface area contributed by atoms with Gasteiger partial charge in [-0.25, -0.2) is 0 Å². The Bertz CT molecular complexity index is 631. The van der Waals surface area contributed by atoms with E-state index in [2.05, 4.69) is 41.4 Å². The Balaban J connectivity index is 1.77. The number of nitrogens with one attached hydrogen (secondary N) is 1. The van der Waals surface area contributed by atoms with Gasteiger partial charge in [-0.05, 0) is 43.4 Å². The van der Waals surface area contributed by atoms with E-state index in [0.717, 1.165) is 24.2 Å². The molecular weight excluding hydrogens is 308 g/mol. The zero-order chi connectivity index (χ0) is 17.6. The third-order valence-corrected chi connectivity index (χ3v) is 5.17. The third kappa shape index (κ3) is 4.49. The van der Waals surface area contributed by atoms with Crippen molar-refractivity contribution in [3.63, 3.8) is 0 Å². The molecule has 3 rings (SSSR count). The van der Waals surface area contributed by atoms with Gasteiger partial charge in [0.2, 0.25) is 5.91 Å². The van der Waals surface area contributed by atoms with E-state index in [4.69, 9.17) is 0 Å². The minimum absolute atomic E-state index is 0.0994. The van der Waals surface area contributed by atoms with E-state index >= 15 is 0 Å². The first kappa shape index (κ1) is 17.7. The number of nitrogens with zero attached hydrogens (tertiary/aromatic N) is 1. The number of hydrogen-bond donors (Lipinski definition) is 1. The molecule has 1 heterocycles. The molecule has 25 heavy (non-hydrogen) atoms. The van der Waals surface area contributed by atoms with Gasteiger partial charge in [0.1, 0.15) is 0 Å². The van der Waals surface area contributed by atoms with Gasteiger partial charge in [-0.15, -0.1) is 0 Å². The van der Waals surface area contributed by atoms with E-state index in [1.54, 1.807) is 0 Å². The van der Waals surface area contributed by atoms with Crippen LogP contribution in [0.1, 0.15) is 43.9 Å². The molecule has 1 amide bonds. The van der Waals surface area contributed by atoms with Gasteiger partial charge in [0.25, 0.3) is 0 Å². The predicted octanol–water partition coefficient (Wildman–Crippen LogP) is 4.01. The first-order chi connectivity index (χ1) is 12.1. The van der Waals surface area contributed by atoms with Crippen LogP contribution >= 0.6 is 0 Å². The fraction of sp³-hybridized carbons (Fsp3) is 0.409. The number of carbonyl (C=O) groups excluding carboxylic acids is 1. The molecule has 0 aromatic heterocycles. The minimum atomic E-state index is -0.112. The highest BCUT2D eigenvalue weighted by Gasteiger charge is 2.27. The third-order valence-electron chi connectivity index (χ3n) is 5.17. The fourth-order valence-corrected chi connectivity index (χ4v) is 3.66. The predicted molar refractivity (Wildman–Crippen MR) is 102 cm³/mol. The van der Waals surface area contributed by atoms with Gasteiger partial charge >= 0.3 is 0 Å². The Morgan fingerprint density at radius 2 is 1.60 bits per heavy atom. The van der Waals surface area contributed by atoms with Crippen molar-refractivity contribution in [1.82, 2.24) is 10.2 Å². The topological polar surface area (TPSA) is 32.3 Å². The highest BCUT2D eigenvalue weighted by atomic mass is 16.2. The van der Waals surface area contributed by atoms with Gasteiger partial charge in [0, 0.05) is 6.54 Å². The summed E-state index contributed by atoms with van der Waals surface area (Å²) in [6.45, 7) is 6.32. The molecule has 0 saturated carbocycles. The lowest BCUT2D eigenvalue weighted by Crippen LogP contribution is -2.49. The van der Waals surface area contributed by atoms with E-state index in [9.17, 15) is 4.79 Å². The second-order valence-electron chi connectivity index (χ2n) is 7.18. The molecule has 0 radical (unpaired) electrons. The van der Waals surface area contributed by atoms with Gasteiger partial charge in [0.15, 0.2) is 0 Å². The van der Waals surface area contributed by atoms with Crippen molar-refractivity contribution < 1.29 is 4.79 Å². The van der Waals surface area contributed by atoms with Gasteiger partial charge < -0.3 is 5.32 Å². The monoisotopic (exact) mass is 336 g/mol. The first-order valence-electron chi connectivity index (χ1n) is 9.29. The summed E-state index contributed by atoms with van der Waals surface area (Å²) in [7, 11) is 0. The largest absolute Gasteiger partial charge is 0.344 e. The Morgan fingerprint density at radius 1 is 1.04 bits per heavy atom. The van der Waals surface area contributed by atoms with Crippen LogP contribution in [0.5, 0.6) is 0 Å². The number of rotatable bonds is 5. The average molecular weight is 336 g/mol. The summed E-state index contributed by atoms with van der Waals surface area (Å²) in [6.07, 6.45) is 2.45. The summed E-state index contributed by atoms with van der Waals surface area (Å²) in [6, 6.07) is 20.2. The van der Waals surface area contributed by atoms with Gasteiger partial charge in [-0.3, -0.25) is 9.69 Å². The summed E-state index contributed by atoms with van der Waals surface area (Å²) >= 11 is 0. The van der Waals surface area contributed by atoms with E-state index in [1.165, 1.54) is 12.8 Å². The molecule has 2 unspecified atom stereocenters. The van der Waals surface area contributed by atoms with Crippen LogP contribution in [0.2, 0.25) is 0 Å². The van der Waals surface area contributed by atoms with Crippen LogP contribution in [-0.2, 0) is 4.79 Å². The maximum Gasteiger partial charge on any atom is 0.237 e. The molecule has 2 atom stereocenters. The number of amides is 1. The number of piperidine rings is 1. The zero-order valence-corrected chi connectivity index (χ0v) is 15.2. The SMILES string of the molecule is CC1CCCN(C(C)C(=O)NC(c2ccccc2)c2ccccc2)C1. The van der Waals surface area contributed by atoms with Crippen LogP contribution in [0.3, 0.4) is 0 Å². The maximum atomic E-state index is 13.0. The molecule has 1 N–H and O–H groups in total. The van der Waals surface area contributed by atoms with Gasteiger partial charge in [-0.2, -0.15) is 0 Å². The second-order valence-corrected chi connectivity index (χ2v) is 7.18. The van der Waals surface area contributed by atoms with Gasteiger partial charge in [0.05, 0.1) is 12.1 Å². The van der Waals surface area contributed by atoms with E-state index in [-0.39, 0.29) is 18.0 Å². The number of benzene rings is 2. The van der Waals surface area contributed by atoms with Crippen LogP contribution in [0.25, 0.3) is 0 Å². The molecule has 1 aliphatic rings. The second kappa shape index (κ2) is 8.30. The summed E-state index contributed by atoms with van der Waals surface area (Å²) in [5.74, 6) is 0.773. The van der Waals surface area contributed by atoms with Crippen LogP contribution in [0, 0.1) is 5.92 Å². The lowest BCUT2D eigenvalue weighted by Gasteiger charge is -2.35. The molecule has 1 aliphatic heterocycles. The summed E-state index contributed by atoms with van der Waals surface area (Å²) < 4.78 is 0. The van der Waals surface area contributed by atoms with Gasteiger partial charge in [-0.1, -0.05) is 67.6 Å². The fourth-order valence-electron chi connectivity index (χ4n) is 3.66. The average Bonchev–Trinajstić information content (AvgIpc) is 2.66. The Labute approximate surface area is 151 Å². The molecule has 1 saturated heterocycles. The van der Waals surface area contributed by atoms with Crippen LogP contribution in [-0.4, -0.2) is 29.9 Å². The molecule has 3 heteroatoms. The molecule has 0 aliphatic carbocycles. The van der Waals surface area contributed by atoms with E-state index in [0.29, 0.717) is 5.92 Å². The molecule has 0 spiro atoms. The Hall–Kier alpha value is -2.13. The van der Waals surface area contributed by atoms with Crippen molar-refractivity contribution in [1.29, 1.82) is 0 Å². The normalized spacial score (nSPS) is 19.6. The van der Waals surface area contributed by atoms with Crippen molar-refractivity contribution in [2.45, 2.75) is 38.8 Å². The standard InChI is InChI=1S/C22H28N2O/c1-17-10-9-15-24(16-17)18(2)22(25)23-21(19-11-5-3-6-12-19)20-13-7-4-8-14-20/h3-8,11-14,17-18,21H,9-10,15-16H2,1-2H3,(H,23,25). The lowest BCUT2D eigenvalue weighted by molar-refractivity contribution is -0.127. The van der Waals surface area contributed by atoms with Crippen molar-refractivity contribution in [3.8, 4) is 0 Å². The Morgan fingerprint density at radius 3 is 2.12 bits per heavy atom. The summed E-state index contributed by atoms with van der Waals surface area (Å²) in [4.78, 5) is 15.3. The van der Waals surface area contributed by atoms with Crippen LogP contribution in [0.15, 0.2) is 60.7 Å². The quantitative estimate of drug-likeness (QED) is 0.894. The molecule has 3 nitrogen and oxygen atoms in total. The molecule has 2 aromatic rings. The van der Waals surface area contributed by atoms with Crippen LogP contribution in [0.4, 0.5) is 0 Å². The zero-order valence-electron chi connectivity index (χ0n) is 15.2. The lowest BCUT2D eigenvalue weighted by atomic mass is 9.97. The minimum Gasteiger partial charge on any atom is -0.344 e. The number of carbonyl (C=O) groups is 1. The van der Waals surface area contributed by atoms with Crippen molar-refractivity contribution in [2.24, 2.45) is 5.92 Å². The molecule has 1 fully saturated rings. The summed E-state index contributed by atoms with van der Waals surface area (Å²) in [5, 5.41) is 3.28. The number of likely N-dealkylation sites (tertiary alicyclic amines) is 1. The van der Waals surface area contributed by atoms with Crippen molar-refractivity contribution >= 4 is 5.91 Å². The summed E-state index contributed by atoms with van der Waals surface area (Å²) in [5.41, 5.74) is 2.22. The molecule has 2 aromatic carbocycles. The molecule has 132 valence electrons. The smallest absolute Gasteiger partial charge is 0.237 e. The maximum absolute atomic E-state index is 13.0. The van der Waals surface area contributed by atoms with Crippen LogP contribution < -0.4 is 5.32 Å². The Kier molecular flexibility index (Phi) is 5.87. The van der Waals surface area contributed by atoms with Crippen molar-refractivity contribution in [3.05, 3.63) is 71.8 Å². The molecular formula is C22H28N2O. The van der Waals surface area contributed by atoms with E-state index in [1.807, 2.05) is 43.3 Å². The highest BCUT2D eigenvalue weighted by molar-refractivity contribution is 5.82. The number of hydrogen-bond acceptors (Lipinski definition) is 2. The van der Waals surface area contributed by atoms with E-state index < -0.39 is 0 Å². The molecule has 0 bridgehead atoms. The van der Waals surface area contributed by atoms with Crippen molar-refractivity contribution in [2.75, 3.05) is 13.1 Å². The highest BCUT2D eigenvalue weighted by Crippen LogP contribution is 2.23.